The van der Waals surface area contributed by atoms with Gasteiger partial charge in [-0.2, -0.15) is 0 Å². The van der Waals surface area contributed by atoms with E-state index in [0.29, 0.717) is 17.5 Å². The highest BCUT2D eigenvalue weighted by molar-refractivity contribution is 6.30. The first kappa shape index (κ1) is 14.4. The molecule has 1 saturated heterocycles. The van der Waals surface area contributed by atoms with Crippen LogP contribution in [0.4, 0.5) is 14.7 Å². The minimum Gasteiger partial charge on any atom is -0.353 e. The molecule has 0 radical (unpaired) electrons. The Hall–Kier alpha value is -1.01. The van der Waals surface area contributed by atoms with Gasteiger partial charge in [0, 0.05) is 19.0 Å². The molecule has 0 saturated carbocycles. The molecular weight excluding hydrogens is 274 g/mol. The average molecular weight is 291 g/mol. The number of nitrogens with one attached hydrogen (secondary N) is 1. The van der Waals surface area contributed by atoms with Crippen LogP contribution in [0.2, 0.25) is 5.02 Å². The monoisotopic (exact) mass is 290 g/mol. The topological polar surface area (TPSA) is 41.0 Å². The third kappa shape index (κ3) is 3.73. The molecule has 7 heteroatoms. The van der Waals surface area contributed by atoms with Crippen molar-refractivity contribution in [2.24, 2.45) is 5.92 Å². The molecule has 1 aliphatic heterocycles. The molecule has 2 heterocycles. The molecule has 1 fully saturated rings. The lowest BCUT2D eigenvalue weighted by atomic mass is 9.89. The first-order chi connectivity index (χ1) is 8.87. The number of hydrogen-bond donors (Lipinski definition) is 1. The Morgan fingerprint density at radius 2 is 2.11 bits per heavy atom. The molecule has 4 nitrogen and oxygen atoms in total. The zero-order valence-electron chi connectivity index (χ0n) is 10.9. The summed E-state index contributed by atoms with van der Waals surface area (Å²) < 4.78 is 26.8. The standard InChI is InChI=1S/C12H17ClF2N4/c1-8-3-12(14,15)7-19(2)10(8)6-18-11-16-4-9(13)5-17-11/h4-5,8,10H,3,6-7H2,1-2H3,(H,16,17,18). The molecule has 1 aliphatic rings. The number of aromatic nitrogens is 2. The number of hydrogen-bond acceptors (Lipinski definition) is 4. The first-order valence-electron chi connectivity index (χ1n) is 6.17. The molecule has 0 bridgehead atoms. The van der Waals surface area contributed by atoms with E-state index in [1.807, 2.05) is 6.92 Å². The van der Waals surface area contributed by atoms with Crippen molar-refractivity contribution in [2.45, 2.75) is 25.3 Å². The lowest BCUT2D eigenvalue weighted by molar-refractivity contribution is -0.0934. The number of rotatable bonds is 3. The normalized spacial score (nSPS) is 27.2. The van der Waals surface area contributed by atoms with Gasteiger partial charge in [-0.15, -0.1) is 0 Å². The molecule has 1 N–H and O–H groups in total. The van der Waals surface area contributed by atoms with Crippen molar-refractivity contribution in [2.75, 3.05) is 25.5 Å². The highest BCUT2D eigenvalue weighted by Crippen LogP contribution is 2.33. The van der Waals surface area contributed by atoms with Crippen LogP contribution >= 0.6 is 11.6 Å². The summed E-state index contributed by atoms with van der Waals surface area (Å²) in [7, 11) is 1.72. The van der Waals surface area contributed by atoms with Gasteiger partial charge in [0.2, 0.25) is 5.95 Å². The second kappa shape index (κ2) is 5.54. The number of anilines is 1. The van der Waals surface area contributed by atoms with Crippen LogP contribution in [0, 0.1) is 5.92 Å². The van der Waals surface area contributed by atoms with Gasteiger partial charge in [-0.3, -0.25) is 4.90 Å². The van der Waals surface area contributed by atoms with Gasteiger partial charge in [-0.1, -0.05) is 18.5 Å². The third-order valence-corrected chi connectivity index (χ3v) is 3.61. The summed E-state index contributed by atoms with van der Waals surface area (Å²) in [5.41, 5.74) is 0. The Morgan fingerprint density at radius 3 is 2.68 bits per heavy atom. The molecule has 0 aromatic carbocycles. The second-order valence-electron chi connectivity index (χ2n) is 5.13. The summed E-state index contributed by atoms with van der Waals surface area (Å²) in [5, 5.41) is 3.53. The third-order valence-electron chi connectivity index (χ3n) is 3.41. The lowest BCUT2D eigenvalue weighted by Gasteiger charge is -2.41. The Labute approximate surface area is 116 Å². The van der Waals surface area contributed by atoms with E-state index >= 15 is 0 Å². The van der Waals surface area contributed by atoms with Gasteiger partial charge in [0.05, 0.1) is 24.0 Å². The van der Waals surface area contributed by atoms with Crippen LogP contribution in [-0.2, 0) is 0 Å². The maximum Gasteiger partial charge on any atom is 0.260 e. The molecule has 1 aromatic heterocycles. The summed E-state index contributed by atoms with van der Waals surface area (Å²) in [5.74, 6) is -2.22. The van der Waals surface area contributed by atoms with Crippen molar-refractivity contribution in [3.05, 3.63) is 17.4 Å². The molecule has 106 valence electrons. The predicted octanol–water partition coefficient (Wildman–Crippen LogP) is 2.52. The van der Waals surface area contributed by atoms with Gasteiger partial charge in [-0.25, -0.2) is 18.7 Å². The summed E-state index contributed by atoms with van der Waals surface area (Å²) in [6.07, 6.45) is 2.92. The lowest BCUT2D eigenvalue weighted by Crippen LogP contribution is -2.53. The number of likely N-dealkylation sites (N-methyl/N-ethyl adjacent to an activating group) is 1. The zero-order chi connectivity index (χ0) is 14.0. The Balaban J connectivity index is 1.94. The van der Waals surface area contributed by atoms with Crippen LogP contribution in [0.15, 0.2) is 12.4 Å². The number of halogens is 3. The van der Waals surface area contributed by atoms with Crippen LogP contribution in [0.1, 0.15) is 13.3 Å². The molecule has 0 aliphatic carbocycles. The van der Waals surface area contributed by atoms with Crippen LogP contribution in [0.3, 0.4) is 0 Å². The summed E-state index contributed by atoms with van der Waals surface area (Å²) in [6, 6.07) is 0.0407. The number of alkyl halides is 2. The Morgan fingerprint density at radius 1 is 1.47 bits per heavy atom. The van der Waals surface area contributed by atoms with Gasteiger partial charge >= 0.3 is 0 Å². The average Bonchev–Trinajstić information content (AvgIpc) is 2.29. The number of piperidine rings is 1. The van der Waals surface area contributed by atoms with Crippen molar-refractivity contribution < 1.29 is 8.78 Å². The van der Waals surface area contributed by atoms with E-state index in [4.69, 9.17) is 11.6 Å². The van der Waals surface area contributed by atoms with Crippen molar-refractivity contribution >= 4 is 17.5 Å². The SMILES string of the molecule is CC1CC(F)(F)CN(C)C1CNc1ncc(Cl)cn1. The maximum absolute atomic E-state index is 13.4. The quantitative estimate of drug-likeness (QED) is 0.929. The largest absolute Gasteiger partial charge is 0.353 e. The van der Waals surface area contributed by atoms with Crippen LogP contribution in [0.25, 0.3) is 0 Å². The van der Waals surface area contributed by atoms with E-state index in [2.05, 4.69) is 15.3 Å². The van der Waals surface area contributed by atoms with E-state index in [-0.39, 0.29) is 24.9 Å². The Bertz CT molecular complexity index is 412. The fourth-order valence-electron chi connectivity index (χ4n) is 2.54. The number of nitrogens with zero attached hydrogens (tertiary/aromatic N) is 3. The molecule has 19 heavy (non-hydrogen) atoms. The van der Waals surface area contributed by atoms with Gasteiger partial charge in [0.15, 0.2) is 0 Å². The molecular formula is C12H17ClF2N4. The summed E-state index contributed by atoms with van der Waals surface area (Å²) >= 11 is 5.69. The maximum atomic E-state index is 13.4. The highest BCUT2D eigenvalue weighted by Gasteiger charge is 2.42. The van der Waals surface area contributed by atoms with E-state index in [0.717, 1.165) is 0 Å². The van der Waals surface area contributed by atoms with Crippen molar-refractivity contribution in [3.63, 3.8) is 0 Å². The molecule has 0 amide bonds. The number of likely N-dealkylation sites (tertiary alicyclic amines) is 1. The van der Waals surface area contributed by atoms with Crippen molar-refractivity contribution in [1.82, 2.24) is 14.9 Å². The fourth-order valence-corrected chi connectivity index (χ4v) is 2.64. The highest BCUT2D eigenvalue weighted by atomic mass is 35.5. The molecule has 2 rings (SSSR count). The molecule has 2 atom stereocenters. The fraction of sp³-hybridized carbons (Fsp3) is 0.667. The van der Waals surface area contributed by atoms with Gasteiger partial charge in [0.1, 0.15) is 0 Å². The Kier molecular flexibility index (Phi) is 4.20. The van der Waals surface area contributed by atoms with E-state index in [1.165, 1.54) is 12.4 Å². The van der Waals surface area contributed by atoms with Gasteiger partial charge in [-0.05, 0) is 13.0 Å². The van der Waals surface area contributed by atoms with Crippen LogP contribution in [-0.4, -0.2) is 47.0 Å². The van der Waals surface area contributed by atoms with E-state index in [1.54, 1.807) is 11.9 Å². The minimum absolute atomic E-state index is 0.0407. The molecule has 1 aromatic rings. The smallest absolute Gasteiger partial charge is 0.260 e. The van der Waals surface area contributed by atoms with Crippen molar-refractivity contribution in [1.29, 1.82) is 0 Å². The van der Waals surface area contributed by atoms with E-state index < -0.39 is 5.92 Å². The predicted molar refractivity (Wildman–Crippen MR) is 70.7 cm³/mol. The zero-order valence-corrected chi connectivity index (χ0v) is 11.7. The molecule has 2 unspecified atom stereocenters. The molecule has 0 spiro atoms. The summed E-state index contributed by atoms with van der Waals surface area (Å²) in [6.45, 7) is 2.18. The minimum atomic E-state index is -2.60. The van der Waals surface area contributed by atoms with Gasteiger partial charge < -0.3 is 5.32 Å². The second-order valence-corrected chi connectivity index (χ2v) is 5.56. The van der Waals surface area contributed by atoms with Crippen molar-refractivity contribution in [3.8, 4) is 0 Å². The summed E-state index contributed by atoms with van der Waals surface area (Å²) in [4.78, 5) is 9.73. The van der Waals surface area contributed by atoms with E-state index in [9.17, 15) is 8.78 Å². The van der Waals surface area contributed by atoms with Gasteiger partial charge in [0.25, 0.3) is 5.92 Å². The first-order valence-corrected chi connectivity index (χ1v) is 6.55. The van der Waals surface area contributed by atoms with Crippen LogP contribution in [0.5, 0.6) is 0 Å². The van der Waals surface area contributed by atoms with Crippen LogP contribution < -0.4 is 5.32 Å².